The largest absolute Gasteiger partial charge is 0.360 e. The van der Waals surface area contributed by atoms with Gasteiger partial charge in [0.05, 0.1) is 6.04 Å². The van der Waals surface area contributed by atoms with Gasteiger partial charge < -0.3 is 14.7 Å². The highest BCUT2D eigenvalue weighted by Crippen LogP contribution is 2.26. The summed E-state index contributed by atoms with van der Waals surface area (Å²) in [4.78, 5) is 26.5. The lowest BCUT2D eigenvalue weighted by Gasteiger charge is -2.17. The molecular weight excluding hydrogens is 342 g/mol. The first-order valence-electron chi connectivity index (χ1n) is 8.46. The van der Waals surface area contributed by atoms with Gasteiger partial charge in [0.25, 0.3) is 5.91 Å². The second kappa shape index (κ2) is 6.52. The average molecular weight is 360 g/mol. The van der Waals surface area contributed by atoms with Crippen LogP contribution in [0.4, 0.5) is 5.69 Å². The predicted molar refractivity (Wildman–Crippen MR) is 92.8 cm³/mol. The first-order chi connectivity index (χ1) is 12.1. The van der Waals surface area contributed by atoms with Gasteiger partial charge in [0.2, 0.25) is 5.91 Å². The molecule has 2 aliphatic rings. The van der Waals surface area contributed by atoms with E-state index in [9.17, 15) is 9.59 Å². The topological polar surface area (TPSA) is 75.4 Å². The van der Waals surface area contributed by atoms with Crippen LogP contribution in [0, 0.1) is 0 Å². The number of aryl methyl sites for hydroxylation is 1. The van der Waals surface area contributed by atoms with Crippen LogP contribution in [0.3, 0.4) is 0 Å². The van der Waals surface area contributed by atoms with Crippen molar-refractivity contribution in [3.8, 4) is 0 Å². The molecule has 1 aliphatic heterocycles. The van der Waals surface area contributed by atoms with Crippen LogP contribution in [0.1, 0.15) is 41.1 Å². The molecule has 2 amide bonds. The highest BCUT2D eigenvalue weighted by molar-refractivity contribution is 6.30. The monoisotopic (exact) mass is 359 g/mol. The maximum Gasteiger partial charge on any atom is 0.274 e. The van der Waals surface area contributed by atoms with Gasteiger partial charge in [0.1, 0.15) is 5.76 Å². The maximum absolute atomic E-state index is 12.5. The highest BCUT2D eigenvalue weighted by atomic mass is 35.5. The predicted octanol–water partition coefficient (Wildman–Crippen LogP) is 2.74. The zero-order valence-electron chi connectivity index (χ0n) is 13.6. The molecule has 0 radical (unpaired) electrons. The fourth-order valence-electron chi connectivity index (χ4n) is 3.49. The number of nitrogens with zero attached hydrogens (tertiary/aromatic N) is 2. The number of anilines is 1. The van der Waals surface area contributed by atoms with Gasteiger partial charge in [-0.1, -0.05) is 16.8 Å². The van der Waals surface area contributed by atoms with Crippen molar-refractivity contribution in [1.29, 1.82) is 0 Å². The van der Waals surface area contributed by atoms with E-state index < -0.39 is 0 Å². The summed E-state index contributed by atoms with van der Waals surface area (Å²) in [5.74, 6) is 0.541. The molecule has 2 heterocycles. The fourth-order valence-corrected chi connectivity index (χ4v) is 3.62. The van der Waals surface area contributed by atoms with Crippen LogP contribution in [0.2, 0.25) is 5.02 Å². The van der Waals surface area contributed by atoms with Gasteiger partial charge >= 0.3 is 0 Å². The van der Waals surface area contributed by atoms with Crippen LogP contribution >= 0.6 is 11.6 Å². The van der Waals surface area contributed by atoms with E-state index in [4.69, 9.17) is 16.1 Å². The lowest BCUT2D eigenvalue weighted by atomic mass is 9.96. The molecule has 0 saturated carbocycles. The van der Waals surface area contributed by atoms with E-state index in [2.05, 4.69) is 10.5 Å². The molecule has 1 aromatic heterocycles. The van der Waals surface area contributed by atoms with Crippen LogP contribution in [0.25, 0.3) is 0 Å². The smallest absolute Gasteiger partial charge is 0.274 e. The second-order valence-electron chi connectivity index (χ2n) is 6.50. The van der Waals surface area contributed by atoms with Crippen molar-refractivity contribution >= 4 is 29.1 Å². The molecule has 1 atom stereocenters. The molecule has 6 nitrogen and oxygen atoms in total. The first kappa shape index (κ1) is 16.1. The summed E-state index contributed by atoms with van der Waals surface area (Å²) in [6, 6.07) is 6.86. The van der Waals surface area contributed by atoms with Gasteiger partial charge in [0, 0.05) is 35.7 Å². The number of rotatable bonds is 3. The van der Waals surface area contributed by atoms with Crippen molar-refractivity contribution in [3.05, 3.63) is 46.3 Å². The second-order valence-corrected chi connectivity index (χ2v) is 6.93. The van der Waals surface area contributed by atoms with Crippen molar-refractivity contribution in [2.45, 2.75) is 38.1 Å². The molecule has 1 N–H and O–H groups in total. The lowest BCUT2D eigenvalue weighted by Crippen LogP contribution is -2.37. The van der Waals surface area contributed by atoms with Crippen LogP contribution < -0.4 is 10.2 Å². The number of aromatic nitrogens is 1. The van der Waals surface area contributed by atoms with Crippen LogP contribution in [-0.4, -0.2) is 29.6 Å². The first-order valence-corrected chi connectivity index (χ1v) is 8.84. The number of halogens is 1. The molecule has 7 heteroatoms. The average Bonchev–Trinajstić information content (AvgIpc) is 3.19. The van der Waals surface area contributed by atoms with E-state index in [0.717, 1.165) is 42.7 Å². The summed E-state index contributed by atoms with van der Waals surface area (Å²) in [5.41, 5.74) is 2.07. The standard InChI is InChI=1S/C18H18ClN3O3/c19-11-5-7-13(8-6-11)22-10-12(9-16(22)23)20-18(24)17-14-3-1-2-4-15(14)25-21-17/h5-8,12H,1-4,9-10H2,(H,20,24)/t12-/m0/s1. The number of hydrogen-bond acceptors (Lipinski definition) is 4. The van der Waals surface area contributed by atoms with Crippen molar-refractivity contribution < 1.29 is 14.1 Å². The van der Waals surface area contributed by atoms with Crippen molar-refractivity contribution in [2.75, 3.05) is 11.4 Å². The minimum Gasteiger partial charge on any atom is -0.360 e. The lowest BCUT2D eigenvalue weighted by molar-refractivity contribution is -0.117. The van der Waals surface area contributed by atoms with E-state index in [1.807, 2.05) is 0 Å². The Morgan fingerprint density at radius 3 is 2.80 bits per heavy atom. The summed E-state index contributed by atoms with van der Waals surface area (Å²) >= 11 is 5.89. The zero-order valence-corrected chi connectivity index (χ0v) is 14.4. The molecule has 0 spiro atoms. The number of fused-ring (bicyclic) bond motifs is 1. The minimum absolute atomic E-state index is 0.0187. The molecule has 25 heavy (non-hydrogen) atoms. The number of amides is 2. The summed E-state index contributed by atoms with van der Waals surface area (Å²) in [6.07, 6.45) is 4.04. The fraction of sp³-hybridized carbons (Fsp3) is 0.389. The van der Waals surface area contributed by atoms with Gasteiger partial charge in [0.15, 0.2) is 5.69 Å². The van der Waals surface area contributed by atoms with Gasteiger partial charge in [-0.15, -0.1) is 0 Å². The molecule has 0 bridgehead atoms. The molecule has 1 aliphatic carbocycles. The Hall–Kier alpha value is -2.34. The van der Waals surface area contributed by atoms with E-state index in [1.54, 1.807) is 29.2 Å². The van der Waals surface area contributed by atoms with Crippen LogP contribution in [0.15, 0.2) is 28.8 Å². The quantitative estimate of drug-likeness (QED) is 0.914. The van der Waals surface area contributed by atoms with E-state index in [0.29, 0.717) is 17.3 Å². The number of carbonyl (C=O) groups excluding carboxylic acids is 2. The molecule has 4 rings (SSSR count). The van der Waals surface area contributed by atoms with Crippen molar-refractivity contribution in [3.63, 3.8) is 0 Å². The molecule has 2 aromatic rings. The maximum atomic E-state index is 12.5. The molecule has 1 saturated heterocycles. The Balaban J connectivity index is 1.45. The number of hydrogen-bond donors (Lipinski definition) is 1. The molecular formula is C18H18ClN3O3. The normalized spacial score (nSPS) is 19.8. The van der Waals surface area contributed by atoms with E-state index in [-0.39, 0.29) is 24.3 Å². The van der Waals surface area contributed by atoms with Crippen molar-refractivity contribution in [2.24, 2.45) is 0 Å². The van der Waals surface area contributed by atoms with E-state index >= 15 is 0 Å². The SMILES string of the molecule is O=C(N[C@H]1CC(=O)N(c2ccc(Cl)cc2)C1)c1noc2c1CCCC2. The van der Waals surface area contributed by atoms with E-state index in [1.165, 1.54) is 0 Å². The zero-order chi connectivity index (χ0) is 17.4. The molecule has 1 aromatic carbocycles. The Bertz CT molecular complexity index is 815. The number of carbonyl (C=O) groups is 2. The third-order valence-electron chi connectivity index (χ3n) is 4.76. The third kappa shape index (κ3) is 3.14. The molecule has 0 unspecified atom stereocenters. The van der Waals surface area contributed by atoms with Crippen molar-refractivity contribution in [1.82, 2.24) is 10.5 Å². The Kier molecular flexibility index (Phi) is 4.21. The summed E-state index contributed by atoms with van der Waals surface area (Å²) in [5, 5.41) is 7.49. The van der Waals surface area contributed by atoms with Gasteiger partial charge in [-0.05, 0) is 43.5 Å². The highest BCUT2D eigenvalue weighted by Gasteiger charge is 2.33. The number of benzene rings is 1. The van der Waals surface area contributed by atoms with Crippen LogP contribution in [-0.2, 0) is 17.6 Å². The molecule has 130 valence electrons. The van der Waals surface area contributed by atoms with Gasteiger partial charge in [-0.25, -0.2) is 0 Å². The summed E-state index contributed by atoms with van der Waals surface area (Å²) in [6.45, 7) is 0.437. The number of nitrogens with one attached hydrogen (secondary N) is 1. The summed E-state index contributed by atoms with van der Waals surface area (Å²) in [7, 11) is 0. The Morgan fingerprint density at radius 2 is 2.00 bits per heavy atom. The Morgan fingerprint density at radius 1 is 1.24 bits per heavy atom. The minimum atomic E-state index is -0.261. The van der Waals surface area contributed by atoms with Crippen LogP contribution in [0.5, 0.6) is 0 Å². The van der Waals surface area contributed by atoms with Gasteiger partial charge in [-0.3, -0.25) is 9.59 Å². The van der Waals surface area contributed by atoms with Gasteiger partial charge in [-0.2, -0.15) is 0 Å². The third-order valence-corrected chi connectivity index (χ3v) is 5.02. The summed E-state index contributed by atoms with van der Waals surface area (Å²) < 4.78 is 5.29. The Labute approximate surface area is 150 Å². The molecule has 1 fully saturated rings.